The molecule has 3 nitrogen and oxygen atoms in total. The molecule has 248 valence electrons. The van der Waals surface area contributed by atoms with E-state index in [0.717, 1.165) is 41.1 Å². The van der Waals surface area contributed by atoms with Gasteiger partial charge in [-0.3, -0.25) is 4.98 Å². The number of aliphatic imine (C=N–C) groups is 1. The van der Waals surface area contributed by atoms with Crippen LogP contribution in [-0.2, 0) is 17.3 Å². The van der Waals surface area contributed by atoms with Crippen LogP contribution in [-0.4, -0.2) is 10.7 Å². The number of nitrogens with one attached hydrogen (secondary N) is 1. The fraction of sp³-hybridized carbons (Fsp3) is 0.550. The van der Waals surface area contributed by atoms with Crippen LogP contribution in [0, 0.1) is 12.7 Å². The standard InChI is InChI=1S/C23H32N2.C10H14FN.C3H8.2C2H6/c1-8-10-19-15-20(11-12-22(19)23(7)13-14-23)25-18(6)24-17(5)21(9-2)16(3)4;1-7-5-6-8(11)9(12-7)10(2,3)4;1-3-2;2*1-2/h9,11-12,15,25H,3,6,8,10,13-14H2,1-2,4-5,7H3;5-6H,1-4H3;3H2,1-2H3;2*1-2H3/b21-9-,24-17-;;;;. The van der Waals surface area contributed by atoms with E-state index in [1.807, 2.05) is 82.2 Å². The van der Waals surface area contributed by atoms with Gasteiger partial charge in [0.2, 0.25) is 0 Å². The Hall–Kier alpha value is -3.01. The summed E-state index contributed by atoms with van der Waals surface area (Å²) in [5, 5.41) is 3.35. The lowest BCUT2D eigenvalue weighted by Crippen LogP contribution is -2.16. The second-order valence-corrected chi connectivity index (χ2v) is 12.2. The van der Waals surface area contributed by atoms with Crippen LogP contribution >= 0.6 is 0 Å². The van der Waals surface area contributed by atoms with Crippen molar-refractivity contribution in [2.75, 3.05) is 5.32 Å². The summed E-state index contributed by atoms with van der Waals surface area (Å²) in [5.41, 5.74) is 8.66. The number of anilines is 1. The molecule has 1 aromatic carbocycles. The summed E-state index contributed by atoms with van der Waals surface area (Å²) in [4.78, 5) is 8.77. The van der Waals surface area contributed by atoms with Crippen LogP contribution in [0.2, 0.25) is 0 Å². The van der Waals surface area contributed by atoms with Crippen LogP contribution in [0.3, 0.4) is 0 Å². The average Bonchev–Trinajstić information content (AvgIpc) is 3.71. The van der Waals surface area contributed by atoms with Crippen molar-refractivity contribution in [3.63, 3.8) is 0 Å². The molecule has 0 unspecified atom stereocenters. The topological polar surface area (TPSA) is 37.3 Å². The van der Waals surface area contributed by atoms with E-state index >= 15 is 0 Å². The molecule has 4 heteroatoms. The third kappa shape index (κ3) is 15.1. The van der Waals surface area contributed by atoms with E-state index in [0.29, 0.717) is 16.9 Å². The van der Waals surface area contributed by atoms with Crippen LogP contribution < -0.4 is 5.32 Å². The van der Waals surface area contributed by atoms with Crippen LogP contribution in [0.1, 0.15) is 145 Å². The maximum absolute atomic E-state index is 13.2. The van der Waals surface area contributed by atoms with Gasteiger partial charge in [0.1, 0.15) is 11.6 Å². The molecule has 1 fully saturated rings. The fourth-order valence-corrected chi connectivity index (χ4v) is 4.48. The second kappa shape index (κ2) is 21.7. The van der Waals surface area contributed by atoms with Gasteiger partial charge in [-0.15, -0.1) is 0 Å². The molecule has 2 aromatic rings. The Morgan fingerprint density at radius 3 is 1.98 bits per heavy atom. The lowest BCUT2D eigenvalue weighted by molar-refractivity contribution is 0.501. The second-order valence-electron chi connectivity index (χ2n) is 12.2. The predicted molar refractivity (Wildman–Crippen MR) is 198 cm³/mol. The van der Waals surface area contributed by atoms with Gasteiger partial charge in [-0.05, 0) is 98.9 Å². The van der Waals surface area contributed by atoms with Gasteiger partial charge >= 0.3 is 0 Å². The Balaban J connectivity index is 0. The third-order valence-corrected chi connectivity index (χ3v) is 6.70. The number of hydrogen-bond acceptors (Lipinski definition) is 3. The first-order chi connectivity index (χ1) is 20.6. The molecule has 1 aliphatic carbocycles. The number of aryl methyl sites for hydroxylation is 2. The lowest BCUT2D eigenvalue weighted by Gasteiger charge is -2.18. The molecule has 0 amide bonds. The van der Waals surface area contributed by atoms with E-state index in [1.165, 1.54) is 36.5 Å². The number of hydrogen-bond donors (Lipinski definition) is 1. The minimum absolute atomic E-state index is 0.212. The van der Waals surface area contributed by atoms with E-state index in [2.05, 4.69) is 74.3 Å². The molecular weight excluding hydrogens is 541 g/mol. The van der Waals surface area contributed by atoms with Gasteiger partial charge in [-0.2, -0.15) is 0 Å². The normalized spacial score (nSPS) is 13.3. The molecule has 0 aliphatic heterocycles. The molecule has 1 saturated carbocycles. The highest BCUT2D eigenvalue weighted by molar-refractivity contribution is 6.02. The number of halogens is 1. The van der Waals surface area contributed by atoms with Gasteiger partial charge in [-0.1, -0.05) is 114 Å². The first-order valence-corrected chi connectivity index (χ1v) is 16.7. The van der Waals surface area contributed by atoms with Gasteiger partial charge in [0.05, 0.1) is 5.69 Å². The quantitative estimate of drug-likeness (QED) is 0.239. The summed E-state index contributed by atoms with van der Waals surface area (Å²) in [6.07, 6.45) is 8.18. The molecule has 1 heterocycles. The molecule has 1 N–H and O–H groups in total. The minimum Gasteiger partial charge on any atom is -0.341 e. The number of pyridine rings is 1. The molecule has 44 heavy (non-hydrogen) atoms. The predicted octanol–water partition coefficient (Wildman–Crippen LogP) is 12.9. The Bertz CT molecular complexity index is 1210. The summed E-state index contributed by atoms with van der Waals surface area (Å²) in [6.45, 7) is 38.7. The van der Waals surface area contributed by atoms with Crippen LogP contribution in [0.15, 0.2) is 71.5 Å². The molecule has 0 atom stereocenters. The van der Waals surface area contributed by atoms with Crippen molar-refractivity contribution in [2.45, 2.75) is 147 Å². The van der Waals surface area contributed by atoms with Gasteiger partial charge in [-0.25, -0.2) is 9.38 Å². The molecule has 3 rings (SSSR count). The largest absolute Gasteiger partial charge is 0.341 e. The highest BCUT2D eigenvalue weighted by atomic mass is 19.1. The molecule has 1 aliphatic rings. The van der Waals surface area contributed by atoms with E-state index in [1.54, 1.807) is 6.07 Å². The van der Waals surface area contributed by atoms with Crippen molar-refractivity contribution in [3.05, 3.63) is 94.9 Å². The zero-order valence-electron chi connectivity index (χ0n) is 31.2. The lowest BCUT2D eigenvalue weighted by atomic mass is 9.90. The summed E-state index contributed by atoms with van der Waals surface area (Å²) in [7, 11) is 0. The van der Waals surface area contributed by atoms with E-state index < -0.39 is 0 Å². The van der Waals surface area contributed by atoms with Crippen molar-refractivity contribution in [1.29, 1.82) is 0 Å². The molecule has 1 aromatic heterocycles. The zero-order chi connectivity index (χ0) is 34.7. The monoisotopic (exact) mass is 608 g/mol. The van der Waals surface area contributed by atoms with Crippen LogP contribution in [0.25, 0.3) is 0 Å². The number of allylic oxidation sites excluding steroid dienone is 3. The average molecular weight is 608 g/mol. The summed E-state index contributed by atoms with van der Waals surface area (Å²) in [6, 6.07) is 9.88. The Morgan fingerprint density at radius 2 is 1.57 bits per heavy atom. The van der Waals surface area contributed by atoms with E-state index in [4.69, 9.17) is 0 Å². The number of benzene rings is 1. The van der Waals surface area contributed by atoms with Gasteiger partial charge in [0.15, 0.2) is 0 Å². The van der Waals surface area contributed by atoms with Crippen molar-refractivity contribution in [1.82, 2.24) is 4.98 Å². The van der Waals surface area contributed by atoms with Crippen molar-refractivity contribution < 1.29 is 4.39 Å². The zero-order valence-corrected chi connectivity index (χ0v) is 31.2. The SMILES string of the molecule is C=C(/N=C(C)\C(=C/C)C(=C)C)Nc1ccc(C2(C)CC2)c(CCC)c1.CC.CC.CCC.Cc1ccc(F)c(C(C)(C)C)n1. The Labute approximate surface area is 272 Å². The minimum atomic E-state index is -0.215. The Kier molecular flexibility index (Phi) is 21.2. The van der Waals surface area contributed by atoms with E-state index in [-0.39, 0.29) is 11.2 Å². The summed E-state index contributed by atoms with van der Waals surface area (Å²) < 4.78 is 13.2. The van der Waals surface area contributed by atoms with Crippen molar-refractivity contribution >= 4 is 11.4 Å². The van der Waals surface area contributed by atoms with Crippen molar-refractivity contribution in [2.24, 2.45) is 4.99 Å². The molecular formula is C40H66FN3. The van der Waals surface area contributed by atoms with Crippen LogP contribution in [0.5, 0.6) is 0 Å². The van der Waals surface area contributed by atoms with Crippen molar-refractivity contribution in [3.8, 4) is 0 Å². The summed E-state index contributed by atoms with van der Waals surface area (Å²) >= 11 is 0. The Morgan fingerprint density at radius 1 is 1.02 bits per heavy atom. The first-order valence-electron chi connectivity index (χ1n) is 16.7. The highest BCUT2D eigenvalue weighted by Crippen LogP contribution is 2.49. The van der Waals surface area contributed by atoms with Gasteiger partial charge < -0.3 is 5.32 Å². The maximum Gasteiger partial charge on any atom is 0.145 e. The van der Waals surface area contributed by atoms with Gasteiger partial charge in [0.25, 0.3) is 0 Å². The number of nitrogens with zero attached hydrogens (tertiary/aromatic N) is 2. The first kappa shape index (κ1) is 43.1. The van der Waals surface area contributed by atoms with Gasteiger partial charge in [0, 0.05) is 22.5 Å². The summed E-state index contributed by atoms with van der Waals surface area (Å²) in [5.74, 6) is 0.444. The maximum atomic E-state index is 13.2. The molecule has 0 radical (unpaired) electrons. The molecule has 0 spiro atoms. The number of aromatic nitrogens is 1. The van der Waals surface area contributed by atoms with Crippen LogP contribution in [0.4, 0.5) is 10.1 Å². The highest BCUT2D eigenvalue weighted by Gasteiger charge is 2.40. The molecule has 0 bridgehead atoms. The molecule has 0 saturated heterocycles. The third-order valence-electron chi connectivity index (χ3n) is 6.70. The smallest absolute Gasteiger partial charge is 0.145 e. The van der Waals surface area contributed by atoms with E-state index in [9.17, 15) is 4.39 Å². The fourth-order valence-electron chi connectivity index (χ4n) is 4.48. The number of rotatable bonds is 8.